The Morgan fingerprint density at radius 2 is 0.581 bits per heavy atom. The van der Waals surface area contributed by atoms with Crippen molar-refractivity contribution in [1.29, 1.82) is 0 Å². The fourth-order valence-electron chi connectivity index (χ4n) is 9.53. The van der Waals surface area contributed by atoms with Crippen LogP contribution in [0.1, 0.15) is 33.4 Å². The van der Waals surface area contributed by atoms with Crippen molar-refractivity contribution in [3.63, 3.8) is 0 Å². The fourth-order valence-corrected chi connectivity index (χ4v) is 9.53. The summed E-state index contributed by atoms with van der Waals surface area (Å²) in [7, 11) is 0. The van der Waals surface area contributed by atoms with Gasteiger partial charge in [0.2, 0.25) is 0 Å². The molecule has 20 heteroatoms. The Bertz CT molecular complexity index is 3620. The molecule has 0 saturated heterocycles. The maximum absolute atomic E-state index is 15.1. The summed E-state index contributed by atoms with van der Waals surface area (Å²) in [4.78, 5) is 0. The van der Waals surface area contributed by atoms with Crippen LogP contribution in [0.25, 0.3) is 88.4 Å². The molecule has 0 amide bonds. The molecule has 8 aromatic carbocycles. The summed E-state index contributed by atoms with van der Waals surface area (Å²) in [6.45, 7) is 0. The van der Waals surface area contributed by atoms with E-state index in [0.717, 1.165) is 36.4 Å². The first kappa shape index (κ1) is 49.7. The van der Waals surface area contributed by atoms with Gasteiger partial charge in [-0.15, -0.1) is 0 Å². The van der Waals surface area contributed by atoms with Crippen molar-refractivity contribution >= 4 is 43.6 Å². The minimum absolute atomic E-state index is 0.0310. The van der Waals surface area contributed by atoms with Crippen molar-refractivity contribution in [2.24, 2.45) is 0 Å². The molecule has 0 aliphatic carbocycles. The van der Waals surface area contributed by atoms with Crippen LogP contribution in [-0.4, -0.2) is 9.13 Å². The van der Waals surface area contributed by atoms with Gasteiger partial charge in [0.1, 0.15) is 0 Å². The van der Waals surface area contributed by atoms with E-state index in [9.17, 15) is 52.7 Å². The predicted molar refractivity (Wildman–Crippen MR) is 241 cm³/mol. The van der Waals surface area contributed by atoms with E-state index in [2.05, 4.69) is 0 Å². The van der Waals surface area contributed by atoms with E-state index in [4.69, 9.17) is 0 Å². The second kappa shape index (κ2) is 16.8. The molecule has 10 rings (SSSR count). The highest BCUT2D eigenvalue weighted by atomic mass is 19.4. The number of aromatic nitrogens is 2. The topological polar surface area (TPSA) is 9.86 Å². The Balaban J connectivity index is 1.17. The first-order valence-electron chi connectivity index (χ1n) is 21.6. The average Bonchev–Trinajstić information content (AvgIpc) is 3.84. The summed E-state index contributed by atoms with van der Waals surface area (Å²) in [6, 6.07) is 26.4. The van der Waals surface area contributed by atoms with Gasteiger partial charge in [-0.3, -0.25) is 0 Å². The summed E-state index contributed by atoms with van der Waals surface area (Å²) < 4.78 is 261. The molecule has 0 aliphatic heterocycles. The molecular weight excluding hydrogens is 1020 g/mol. The van der Waals surface area contributed by atoms with Crippen molar-refractivity contribution in [2.45, 2.75) is 37.1 Å². The summed E-state index contributed by atoms with van der Waals surface area (Å²) in [5, 5.41) is 0.944. The molecule has 0 aliphatic rings. The van der Waals surface area contributed by atoms with Crippen LogP contribution in [0.3, 0.4) is 0 Å². The van der Waals surface area contributed by atoms with Gasteiger partial charge in [-0.1, -0.05) is 60.7 Å². The van der Waals surface area contributed by atoms with E-state index in [0.29, 0.717) is 47.2 Å². The van der Waals surface area contributed by atoms with Gasteiger partial charge < -0.3 is 9.13 Å². The van der Waals surface area contributed by atoms with Gasteiger partial charge in [0.15, 0.2) is 0 Å². The average molecular weight is 1040 g/mol. The summed E-state index contributed by atoms with van der Waals surface area (Å²) in [5.74, 6) is 0. The number of fused-ring (bicyclic) bond motifs is 6. The summed E-state index contributed by atoms with van der Waals surface area (Å²) >= 11 is 0. The van der Waals surface area contributed by atoms with E-state index in [1.807, 2.05) is 0 Å². The first-order valence-corrected chi connectivity index (χ1v) is 21.6. The van der Waals surface area contributed by atoms with Crippen molar-refractivity contribution in [3.8, 4) is 44.8 Å². The smallest absolute Gasteiger partial charge is 0.309 e. The van der Waals surface area contributed by atoms with Gasteiger partial charge in [0, 0.05) is 32.9 Å². The van der Waals surface area contributed by atoms with E-state index >= 15 is 26.3 Å². The second-order valence-electron chi connectivity index (χ2n) is 17.1. The largest absolute Gasteiger partial charge is 0.417 e. The molecule has 0 unspecified atom stereocenters. The zero-order valence-electron chi connectivity index (χ0n) is 36.7. The molecule has 0 saturated carbocycles. The number of hydrogen-bond acceptors (Lipinski definition) is 0. The molecule has 0 atom stereocenters. The van der Waals surface area contributed by atoms with E-state index in [1.165, 1.54) is 81.9 Å². The van der Waals surface area contributed by atoms with Crippen LogP contribution in [0.5, 0.6) is 0 Å². The van der Waals surface area contributed by atoms with Crippen LogP contribution in [0, 0.1) is 0 Å². The number of alkyl halides is 18. The molecule has 74 heavy (non-hydrogen) atoms. The number of nitrogens with zero attached hydrogens (tertiary/aromatic N) is 2. The van der Waals surface area contributed by atoms with Crippen molar-refractivity contribution < 1.29 is 79.0 Å². The van der Waals surface area contributed by atoms with Crippen LogP contribution in [-0.2, 0) is 37.1 Å². The zero-order valence-corrected chi connectivity index (χ0v) is 36.7. The van der Waals surface area contributed by atoms with E-state index in [1.54, 1.807) is 0 Å². The quantitative estimate of drug-likeness (QED) is 0.152. The van der Waals surface area contributed by atoms with Crippen LogP contribution >= 0.6 is 0 Å². The maximum atomic E-state index is 15.1. The molecule has 2 nitrogen and oxygen atoms in total. The van der Waals surface area contributed by atoms with Gasteiger partial charge in [0.05, 0.1) is 55.4 Å². The van der Waals surface area contributed by atoms with Gasteiger partial charge in [-0.05, 0) is 130 Å². The lowest BCUT2D eigenvalue weighted by Crippen LogP contribution is -2.12. The number of rotatable bonds is 5. The zero-order chi connectivity index (χ0) is 53.2. The number of para-hydroxylation sites is 2. The lowest BCUT2D eigenvalue weighted by molar-refractivity contribution is -0.144. The van der Waals surface area contributed by atoms with Crippen molar-refractivity contribution in [3.05, 3.63) is 191 Å². The Morgan fingerprint density at radius 1 is 0.243 bits per heavy atom. The third-order valence-electron chi connectivity index (χ3n) is 12.7. The molecule has 2 heterocycles. The van der Waals surface area contributed by atoms with E-state index < -0.39 is 92.7 Å². The summed E-state index contributed by atoms with van der Waals surface area (Å²) in [5.41, 5.74) is -12.5. The molecule has 2 aromatic heterocycles. The normalized spacial score (nSPS) is 13.3. The Kier molecular flexibility index (Phi) is 11.3. The number of halogens is 18. The van der Waals surface area contributed by atoms with Crippen molar-refractivity contribution in [1.82, 2.24) is 9.13 Å². The molecule has 10 aromatic rings. The molecule has 0 fully saturated rings. The lowest BCUT2D eigenvalue weighted by Gasteiger charge is -2.21. The first-order chi connectivity index (χ1) is 34.5. The van der Waals surface area contributed by atoms with Gasteiger partial charge in [-0.25, -0.2) is 0 Å². The third-order valence-corrected chi connectivity index (χ3v) is 12.7. The molecular formula is C54H26F18N2. The summed E-state index contributed by atoms with van der Waals surface area (Å²) in [6.07, 6.45) is -31.3. The molecule has 0 N–H and O–H groups in total. The molecule has 0 spiro atoms. The van der Waals surface area contributed by atoms with Gasteiger partial charge >= 0.3 is 37.1 Å². The fraction of sp³-hybridized carbons (Fsp3) is 0.111. The minimum atomic E-state index is -5.29. The van der Waals surface area contributed by atoms with Gasteiger partial charge in [0.25, 0.3) is 0 Å². The number of hydrogen-bond donors (Lipinski definition) is 0. The predicted octanol–water partition coefficient (Wildman–Crippen LogP) is 19.0. The van der Waals surface area contributed by atoms with E-state index in [-0.39, 0.29) is 67.5 Å². The SMILES string of the molecule is FC(F)(F)c1ccc(-c2ccc3c(c2)c2ccccc2n3-c2ccc(C(F)(F)F)c(-c3cc(-n4c5ccccc5c5cc(-c6ccc(C(F)(F)F)cc6C(F)(F)F)ccc54)ccc3C(F)(F)F)c2)c(C(F)(F)F)c1. The van der Waals surface area contributed by atoms with Crippen LogP contribution < -0.4 is 0 Å². The van der Waals surface area contributed by atoms with Crippen LogP contribution in [0.15, 0.2) is 158 Å². The van der Waals surface area contributed by atoms with Gasteiger partial charge in [-0.2, -0.15) is 79.0 Å². The highest BCUT2D eigenvalue weighted by Crippen LogP contribution is 2.48. The standard InChI is InChI=1S/C54H26F18N2/c55-49(56,57)29-11-15-33(43(23-29)53(67,68)69)27-9-19-47-39(21-27)35-5-1-3-7-45(35)73(47)31-13-17-41(51(61,62)63)37(25-31)38-26-32(14-18-42(38)52(64,65)66)74-46-8-4-2-6-36(46)40-22-28(10-20-48(40)74)34-16-12-30(50(58,59)60)24-44(34)54(70,71)72/h1-26H. The number of benzene rings is 8. The monoisotopic (exact) mass is 1040 g/mol. The Labute approximate surface area is 403 Å². The molecule has 0 bridgehead atoms. The molecule has 378 valence electrons. The van der Waals surface area contributed by atoms with Crippen LogP contribution in [0.4, 0.5) is 79.0 Å². The van der Waals surface area contributed by atoms with Crippen molar-refractivity contribution in [2.75, 3.05) is 0 Å². The highest BCUT2D eigenvalue weighted by molar-refractivity contribution is 6.12. The molecule has 0 radical (unpaired) electrons. The van der Waals surface area contributed by atoms with Crippen LogP contribution in [0.2, 0.25) is 0 Å². The Morgan fingerprint density at radius 3 is 0.919 bits per heavy atom. The minimum Gasteiger partial charge on any atom is -0.309 e. The maximum Gasteiger partial charge on any atom is 0.417 e. The Hall–Kier alpha value is -7.90. The third kappa shape index (κ3) is 8.62. The lowest BCUT2D eigenvalue weighted by atomic mass is 9.93. The highest BCUT2D eigenvalue weighted by Gasteiger charge is 2.42. The second-order valence-corrected chi connectivity index (χ2v) is 17.1.